The number of hydrogen-bond donors (Lipinski definition) is 1. The molecule has 1 heterocycles. The Bertz CT molecular complexity index is 310. The molecule has 0 aromatic carbocycles. The first-order valence-electron chi connectivity index (χ1n) is 6.03. The van der Waals surface area contributed by atoms with Crippen LogP contribution in [0.1, 0.15) is 33.6 Å². The highest BCUT2D eigenvalue weighted by molar-refractivity contribution is 5.45. The van der Waals surface area contributed by atoms with Crippen LogP contribution in [0.15, 0.2) is 12.4 Å². The maximum Gasteiger partial charge on any atom is 0.134 e. The molecule has 0 aliphatic heterocycles. The van der Waals surface area contributed by atoms with Gasteiger partial charge >= 0.3 is 0 Å². The first-order chi connectivity index (χ1) is 7.71. The van der Waals surface area contributed by atoms with E-state index in [9.17, 15) is 0 Å². The zero-order valence-corrected chi connectivity index (χ0v) is 10.5. The summed E-state index contributed by atoms with van der Waals surface area (Å²) >= 11 is 0. The molecular formula is C12H22N4. The normalized spacial score (nSPS) is 10.8. The summed E-state index contributed by atoms with van der Waals surface area (Å²) in [6.45, 7) is 8.60. The van der Waals surface area contributed by atoms with Gasteiger partial charge in [0.15, 0.2) is 0 Å². The van der Waals surface area contributed by atoms with Crippen molar-refractivity contribution in [1.82, 2.24) is 9.97 Å². The summed E-state index contributed by atoms with van der Waals surface area (Å²) in [4.78, 5) is 10.4. The van der Waals surface area contributed by atoms with Crippen LogP contribution in [0.25, 0.3) is 0 Å². The van der Waals surface area contributed by atoms with Crippen molar-refractivity contribution in [3.8, 4) is 0 Å². The maximum absolute atomic E-state index is 5.67. The first kappa shape index (κ1) is 12.7. The Labute approximate surface area is 97.9 Å². The lowest BCUT2D eigenvalue weighted by molar-refractivity contribution is 0.484. The van der Waals surface area contributed by atoms with Gasteiger partial charge in [0, 0.05) is 19.2 Å². The van der Waals surface area contributed by atoms with Gasteiger partial charge in [-0.05, 0) is 12.8 Å². The van der Waals surface area contributed by atoms with Gasteiger partial charge in [-0.3, -0.25) is 0 Å². The molecule has 0 atom stereocenters. The van der Waals surface area contributed by atoms with E-state index >= 15 is 0 Å². The number of nitrogens with two attached hydrogens (primary N) is 1. The molecule has 0 saturated heterocycles. The van der Waals surface area contributed by atoms with Gasteiger partial charge in [-0.25, -0.2) is 9.97 Å². The highest BCUT2D eigenvalue weighted by Crippen LogP contribution is 2.16. The molecule has 2 N–H and O–H groups in total. The number of hydrogen-bond acceptors (Lipinski definition) is 4. The third kappa shape index (κ3) is 3.36. The quantitative estimate of drug-likeness (QED) is 0.802. The molecule has 0 aliphatic carbocycles. The zero-order valence-electron chi connectivity index (χ0n) is 10.5. The van der Waals surface area contributed by atoms with Crippen LogP contribution in [0.4, 0.5) is 11.6 Å². The predicted octanol–water partition coefficient (Wildman–Crippen LogP) is 2.32. The van der Waals surface area contributed by atoms with Crippen LogP contribution < -0.4 is 10.6 Å². The molecular weight excluding hydrogens is 200 g/mol. The third-order valence-electron chi connectivity index (χ3n) is 3.01. The van der Waals surface area contributed by atoms with Crippen LogP contribution in [-0.4, -0.2) is 23.1 Å². The number of nitrogen functional groups attached to an aromatic ring is 1. The zero-order chi connectivity index (χ0) is 12.0. The Hall–Kier alpha value is -1.32. The van der Waals surface area contributed by atoms with Crippen LogP contribution in [0.2, 0.25) is 0 Å². The van der Waals surface area contributed by atoms with Gasteiger partial charge in [0.25, 0.3) is 0 Å². The minimum Gasteiger partial charge on any atom is -0.384 e. The SMILES string of the molecule is CCC(CC)CN(CC)c1cc(N)ncn1. The summed E-state index contributed by atoms with van der Waals surface area (Å²) in [7, 11) is 0. The lowest BCUT2D eigenvalue weighted by atomic mass is 10.0. The van der Waals surface area contributed by atoms with Gasteiger partial charge in [0.05, 0.1) is 0 Å². The lowest BCUT2D eigenvalue weighted by Crippen LogP contribution is -2.29. The Kier molecular flexibility index (Phi) is 5.02. The lowest BCUT2D eigenvalue weighted by Gasteiger charge is -2.26. The summed E-state index contributed by atoms with van der Waals surface area (Å²) in [6, 6.07) is 1.84. The average molecular weight is 222 g/mol. The fraction of sp³-hybridized carbons (Fsp3) is 0.667. The molecule has 0 aliphatic rings. The standard InChI is InChI=1S/C12H22N4/c1-4-10(5-2)8-16(6-3)12-7-11(13)14-9-15-12/h7,9-10H,4-6,8H2,1-3H3,(H2,13,14,15). The topological polar surface area (TPSA) is 55.0 Å². The van der Waals surface area contributed by atoms with E-state index in [1.807, 2.05) is 6.07 Å². The molecule has 0 bridgehead atoms. The molecule has 16 heavy (non-hydrogen) atoms. The monoisotopic (exact) mass is 222 g/mol. The van der Waals surface area contributed by atoms with Crippen molar-refractivity contribution in [3.05, 3.63) is 12.4 Å². The van der Waals surface area contributed by atoms with Gasteiger partial charge in [-0.1, -0.05) is 26.7 Å². The molecule has 1 aromatic heterocycles. The van der Waals surface area contributed by atoms with Crippen LogP contribution in [0.3, 0.4) is 0 Å². The van der Waals surface area contributed by atoms with Crippen molar-refractivity contribution in [3.63, 3.8) is 0 Å². The van der Waals surface area contributed by atoms with Gasteiger partial charge in [0.1, 0.15) is 18.0 Å². The number of nitrogens with zero attached hydrogens (tertiary/aromatic N) is 3. The second-order valence-electron chi connectivity index (χ2n) is 4.02. The number of aromatic nitrogens is 2. The summed E-state index contributed by atoms with van der Waals surface area (Å²) < 4.78 is 0. The summed E-state index contributed by atoms with van der Waals surface area (Å²) in [6.07, 6.45) is 3.93. The second kappa shape index (κ2) is 6.30. The molecule has 0 amide bonds. The van der Waals surface area contributed by atoms with Gasteiger partial charge < -0.3 is 10.6 Å². The van der Waals surface area contributed by atoms with Crippen LogP contribution in [-0.2, 0) is 0 Å². The molecule has 90 valence electrons. The molecule has 0 unspecified atom stereocenters. The van der Waals surface area contributed by atoms with Crippen molar-refractivity contribution in [2.75, 3.05) is 23.7 Å². The highest BCUT2D eigenvalue weighted by atomic mass is 15.2. The Morgan fingerprint density at radius 1 is 1.25 bits per heavy atom. The minimum absolute atomic E-state index is 0.535. The molecule has 1 aromatic rings. The average Bonchev–Trinajstić information content (AvgIpc) is 2.31. The highest BCUT2D eigenvalue weighted by Gasteiger charge is 2.11. The van der Waals surface area contributed by atoms with E-state index in [2.05, 4.69) is 35.6 Å². The van der Waals surface area contributed by atoms with Gasteiger partial charge in [-0.2, -0.15) is 0 Å². The Morgan fingerprint density at radius 3 is 2.44 bits per heavy atom. The number of anilines is 2. The predicted molar refractivity (Wildman–Crippen MR) is 68.4 cm³/mol. The van der Waals surface area contributed by atoms with Gasteiger partial charge in [0.2, 0.25) is 0 Å². The van der Waals surface area contributed by atoms with Crippen molar-refractivity contribution >= 4 is 11.6 Å². The molecule has 4 nitrogen and oxygen atoms in total. The minimum atomic E-state index is 0.535. The van der Waals surface area contributed by atoms with E-state index in [1.54, 1.807) is 0 Å². The van der Waals surface area contributed by atoms with Crippen LogP contribution in [0.5, 0.6) is 0 Å². The molecule has 1 rings (SSSR count). The van der Waals surface area contributed by atoms with E-state index in [1.165, 1.54) is 19.2 Å². The summed E-state index contributed by atoms with van der Waals surface area (Å²) in [5.74, 6) is 2.19. The first-order valence-corrected chi connectivity index (χ1v) is 6.03. The fourth-order valence-corrected chi connectivity index (χ4v) is 1.78. The van der Waals surface area contributed by atoms with E-state index in [0.29, 0.717) is 5.82 Å². The van der Waals surface area contributed by atoms with Crippen molar-refractivity contribution < 1.29 is 0 Å². The van der Waals surface area contributed by atoms with E-state index < -0.39 is 0 Å². The largest absolute Gasteiger partial charge is 0.384 e. The molecule has 0 spiro atoms. The van der Waals surface area contributed by atoms with Crippen molar-refractivity contribution in [1.29, 1.82) is 0 Å². The summed E-state index contributed by atoms with van der Waals surface area (Å²) in [5.41, 5.74) is 5.67. The van der Waals surface area contributed by atoms with Crippen LogP contribution >= 0.6 is 0 Å². The fourth-order valence-electron chi connectivity index (χ4n) is 1.78. The smallest absolute Gasteiger partial charge is 0.134 e. The Morgan fingerprint density at radius 2 is 1.94 bits per heavy atom. The molecule has 0 saturated carbocycles. The molecule has 0 radical (unpaired) electrons. The second-order valence-corrected chi connectivity index (χ2v) is 4.02. The molecule has 4 heteroatoms. The van der Waals surface area contributed by atoms with Crippen molar-refractivity contribution in [2.45, 2.75) is 33.6 Å². The Balaban J connectivity index is 2.74. The van der Waals surface area contributed by atoms with E-state index in [4.69, 9.17) is 5.73 Å². The molecule has 0 fully saturated rings. The summed E-state index contributed by atoms with van der Waals surface area (Å²) in [5, 5.41) is 0. The number of rotatable bonds is 6. The third-order valence-corrected chi connectivity index (χ3v) is 3.01. The van der Waals surface area contributed by atoms with Crippen LogP contribution in [0, 0.1) is 5.92 Å². The maximum atomic E-state index is 5.67. The van der Waals surface area contributed by atoms with Crippen molar-refractivity contribution in [2.24, 2.45) is 5.92 Å². The van der Waals surface area contributed by atoms with E-state index in [0.717, 1.165) is 24.8 Å². The van der Waals surface area contributed by atoms with Gasteiger partial charge in [-0.15, -0.1) is 0 Å². The van der Waals surface area contributed by atoms with E-state index in [-0.39, 0.29) is 0 Å².